The molecule has 1 saturated heterocycles. The van der Waals surface area contributed by atoms with Gasteiger partial charge in [-0.2, -0.15) is 0 Å². The molecule has 0 spiro atoms. The molecule has 0 unspecified atom stereocenters. The summed E-state index contributed by atoms with van der Waals surface area (Å²) >= 11 is 4.23. The molecule has 15 heteroatoms. The van der Waals surface area contributed by atoms with Crippen molar-refractivity contribution in [3.63, 3.8) is 0 Å². The summed E-state index contributed by atoms with van der Waals surface area (Å²) in [5.41, 5.74) is 3.64. The Hall–Kier alpha value is -6.03. The molecule has 3 N–H and O–H groups in total. The molecule has 2 aliphatic heterocycles. The summed E-state index contributed by atoms with van der Waals surface area (Å²) in [6.07, 6.45) is 7.12. The van der Waals surface area contributed by atoms with Crippen molar-refractivity contribution >= 4 is 74.0 Å². The van der Waals surface area contributed by atoms with Crippen molar-refractivity contribution in [1.82, 2.24) is 24.6 Å². The molecule has 5 heterocycles. The molecular formula is C41H35N7O5S3. The number of nitrogens with zero attached hydrogens (tertiary/aromatic N) is 5. The standard InChI is InChI=1S/C41H35N7O5S3/c1-3-53-46-33(30-23-55-40(43-30)45-41(27-13-7-4-8-14-27,28-15-9-5-10-16-28)29-17-11-6-12-18-29)36(49)44-34-37(50)48-35(39(51)52)26(22-54-38(34)48)19-20-31-25(2)47-24-42-21-32(47)56-31/h4-21,23-24,34,38H,3,22H2,1-2H3,(H,43,45)(H,44,49)(H,51,52)/b20-19?,46-33-/t34-,38-/m1/s1. The minimum absolute atomic E-state index is 0.0971. The van der Waals surface area contributed by atoms with Crippen molar-refractivity contribution in [3.05, 3.63) is 159 Å². The Morgan fingerprint density at radius 1 is 1.00 bits per heavy atom. The second kappa shape index (κ2) is 15.6. The van der Waals surface area contributed by atoms with E-state index in [1.807, 2.05) is 72.0 Å². The first-order valence-corrected chi connectivity index (χ1v) is 20.5. The maximum absolute atomic E-state index is 14.0. The minimum atomic E-state index is -1.22. The lowest BCUT2D eigenvalue weighted by molar-refractivity contribution is -0.150. The SMILES string of the molecule is CCO/N=C(\C(=O)N[C@@H]1C(=O)N2C(C(=O)O)=C(C=Cc3sc4cncn4c3C)CS[C@H]12)c1csc(NC(c2ccccc2)(c2ccccc2)c2ccccc2)n1. The molecule has 0 aliphatic carbocycles. The van der Waals surface area contributed by atoms with Gasteiger partial charge in [-0.3, -0.25) is 18.9 Å². The highest BCUT2D eigenvalue weighted by atomic mass is 32.2. The number of carboxylic acid groups (broad SMARTS) is 1. The second-order valence-electron chi connectivity index (χ2n) is 12.9. The normalized spacial score (nSPS) is 17.2. The zero-order valence-electron chi connectivity index (χ0n) is 30.2. The van der Waals surface area contributed by atoms with Crippen molar-refractivity contribution in [2.45, 2.75) is 30.8 Å². The number of hydrogen-bond acceptors (Lipinski definition) is 11. The largest absolute Gasteiger partial charge is 0.477 e. The number of hydrogen-bond donors (Lipinski definition) is 3. The molecule has 2 atom stereocenters. The predicted molar refractivity (Wildman–Crippen MR) is 220 cm³/mol. The average molecular weight is 802 g/mol. The number of carboxylic acids is 1. The van der Waals surface area contributed by atoms with Gasteiger partial charge in [0.05, 0.1) is 6.20 Å². The molecular weight excluding hydrogens is 767 g/mol. The van der Waals surface area contributed by atoms with Gasteiger partial charge in [-0.05, 0) is 42.2 Å². The van der Waals surface area contributed by atoms with Gasteiger partial charge in [-0.25, -0.2) is 14.8 Å². The number of amides is 2. The average Bonchev–Trinajstić information content (AvgIpc) is 3.97. The number of carbonyl (C=O) groups is 3. The third-order valence-corrected chi connectivity index (χ3v) is 12.8. The van der Waals surface area contributed by atoms with Gasteiger partial charge in [0.15, 0.2) is 10.8 Å². The number of anilines is 1. The van der Waals surface area contributed by atoms with E-state index in [0.717, 1.165) is 32.1 Å². The van der Waals surface area contributed by atoms with Crippen LogP contribution in [0.1, 0.15) is 39.9 Å². The van der Waals surface area contributed by atoms with Crippen LogP contribution in [0.25, 0.3) is 10.9 Å². The molecule has 3 aromatic heterocycles. The number of carbonyl (C=O) groups excluding carboxylic acids is 2. The number of oxime groups is 1. The molecule has 2 aliphatic rings. The van der Waals surface area contributed by atoms with E-state index in [1.165, 1.54) is 39.3 Å². The van der Waals surface area contributed by atoms with Crippen molar-refractivity contribution in [2.75, 3.05) is 17.7 Å². The Labute approximate surface area is 334 Å². The highest BCUT2D eigenvalue weighted by Crippen LogP contribution is 2.42. The summed E-state index contributed by atoms with van der Waals surface area (Å²) in [6.45, 7) is 3.91. The summed E-state index contributed by atoms with van der Waals surface area (Å²) in [4.78, 5) is 57.7. The number of allylic oxidation sites excluding steroid dienone is 1. The fourth-order valence-corrected chi connectivity index (χ4v) is 10.0. The number of thiazole rings is 2. The molecule has 12 nitrogen and oxygen atoms in total. The van der Waals surface area contributed by atoms with Crippen LogP contribution in [0.2, 0.25) is 0 Å². The number of fused-ring (bicyclic) bond motifs is 2. The second-order valence-corrected chi connectivity index (χ2v) is 15.9. The molecule has 8 rings (SSSR count). The number of nitrogens with one attached hydrogen (secondary N) is 2. The fourth-order valence-electron chi connectivity index (χ4n) is 6.94. The topological polar surface area (TPSA) is 151 Å². The van der Waals surface area contributed by atoms with Gasteiger partial charge in [0, 0.05) is 21.7 Å². The molecule has 1 fully saturated rings. The summed E-state index contributed by atoms with van der Waals surface area (Å²) in [5.74, 6) is -2.08. The maximum atomic E-state index is 14.0. The first-order chi connectivity index (χ1) is 27.3. The van der Waals surface area contributed by atoms with Crippen LogP contribution in [-0.2, 0) is 24.8 Å². The summed E-state index contributed by atoms with van der Waals surface area (Å²) in [6, 6.07) is 29.3. The van der Waals surface area contributed by atoms with E-state index in [-0.39, 0.29) is 23.7 Å². The van der Waals surface area contributed by atoms with Gasteiger partial charge in [0.25, 0.3) is 11.8 Å². The van der Waals surface area contributed by atoms with Gasteiger partial charge < -0.3 is 20.6 Å². The van der Waals surface area contributed by atoms with Gasteiger partial charge in [0.2, 0.25) is 0 Å². The summed E-state index contributed by atoms with van der Waals surface area (Å²) < 4.78 is 1.97. The van der Waals surface area contributed by atoms with Crippen LogP contribution < -0.4 is 10.6 Å². The molecule has 56 heavy (non-hydrogen) atoms. The van der Waals surface area contributed by atoms with Gasteiger partial charge >= 0.3 is 5.97 Å². The van der Waals surface area contributed by atoms with E-state index < -0.39 is 34.7 Å². The van der Waals surface area contributed by atoms with E-state index in [4.69, 9.17) is 9.82 Å². The molecule has 6 aromatic rings. The minimum Gasteiger partial charge on any atom is -0.477 e. The third kappa shape index (κ3) is 6.67. The zero-order valence-corrected chi connectivity index (χ0v) is 32.6. The lowest BCUT2D eigenvalue weighted by Crippen LogP contribution is -2.71. The number of aryl methyl sites for hydroxylation is 1. The van der Waals surface area contributed by atoms with E-state index in [0.29, 0.717) is 16.5 Å². The molecule has 0 saturated carbocycles. The highest BCUT2D eigenvalue weighted by Gasteiger charge is 2.54. The van der Waals surface area contributed by atoms with Gasteiger partial charge in [-0.15, -0.1) is 34.4 Å². The molecule has 3 aromatic carbocycles. The van der Waals surface area contributed by atoms with Crippen LogP contribution in [-0.4, -0.2) is 71.6 Å². The van der Waals surface area contributed by atoms with E-state index >= 15 is 0 Å². The smallest absolute Gasteiger partial charge is 0.352 e. The number of aliphatic carboxylic acids is 1. The van der Waals surface area contributed by atoms with Crippen molar-refractivity contribution < 1.29 is 24.3 Å². The van der Waals surface area contributed by atoms with E-state index in [2.05, 4.69) is 57.2 Å². The van der Waals surface area contributed by atoms with E-state index in [9.17, 15) is 19.5 Å². The summed E-state index contributed by atoms with van der Waals surface area (Å²) in [5, 5.41) is 22.5. The van der Waals surface area contributed by atoms with Crippen LogP contribution in [0.15, 0.2) is 131 Å². The fraction of sp³-hybridized carbons (Fsp3) is 0.171. The maximum Gasteiger partial charge on any atom is 0.352 e. The highest BCUT2D eigenvalue weighted by molar-refractivity contribution is 8.00. The Morgan fingerprint density at radius 2 is 1.64 bits per heavy atom. The van der Waals surface area contributed by atoms with Crippen LogP contribution in [0, 0.1) is 6.92 Å². The molecule has 0 bridgehead atoms. The Morgan fingerprint density at radius 3 is 2.23 bits per heavy atom. The Balaban J connectivity index is 1.05. The lowest BCUT2D eigenvalue weighted by atomic mass is 9.77. The molecule has 282 valence electrons. The first kappa shape index (κ1) is 36.9. The molecule has 0 radical (unpaired) electrons. The van der Waals surface area contributed by atoms with Crippen LogP contribution in [0.3, 0.4) is 0 Å². The number of thioether (sulfide) groups is 1. The predicted octanol–water partition coefficient (Wildman–Crippen LogP) is 6.76. The van der Waals surface area contributed by atoms with Crippen LogP contribution >= 0.6 is 34.4 Å². The monoisotopic (exact) mass is 801 g/mol. The molecule has 2 amide bonds. The Bertz CT molecular complexity index is 2410. The van der Waals surface area contributed by atoms with E-state index in [1.54, 1.807) is 30.9 Å². The third-order valence-electron chi connectivity index (χ3n) is 9.62. The Kier molecular flexibility index (Phi) is 10.3. The quantitative estimate of drug-likeness (QED) is 0.0499. The zero-order chi connectivity index (χ0) is 38.8. The van der Waals surface area contributed by atoms with Crippen LogP contribution in [0.4, 0.5) is 5.13 Å². The summed E-state index contributed by atoms with van der Waals surface area (Å²) in [7, 11) is 0. The number of benzene rings is 3. The number of β-lactam (4-membered cyclic amide) rings is 1. The van der Waals surface area contributed by atoms with Crippen molar-refractivity contribution in [3.8, 4) is 0 Å². The number of imidazole rings is 1. The van der Waals surface area contributed by atoms with Crippen molar-refractivity contribution in [2.24, 2.45) is 5.16 Å². The first-order valence-electron chi connectivity index (χ1n) is 17.7. The number of rotatable bonds is 13. The van der Waals surface area contributed by atoms with Gasteiger partial charge in [0.1, 0.15) is 46.1 Å². The van der Waals surface area contributed by atoms with Gasteiger partial charge in [-0.1, -0.05) is 102 Å². The van der Waals surface area contributed by atoms with Crippen LogP contribution in [0.5, 0.6) is 0 Å². The lowest BCUT2D eigenvalue weighted by Gasteiger charge is -2.49. The van der Waals surface area contributed by atoms with Crippen molar-refractivity contribution in [1.29, 1.82) is 0 Å². The number of aromatic nitrogens is 3.